The highest BCUT2D eigenvalue weighted by atomic mass is 16.5. The lowest BCUT2D eigenvalue weighted by molar-refractivity contribution is -0.125. The lowest BCUT2D eigenvalue weighted by Gasteiger charge is -2.34. The number of methoxy groups -OCH3 is 1. The molecule has 0 aliphatic carbocycles. The molecule has 2 heterocycles. The number of aryl methyl sites for hydroxylation is 1. The molecule has 2 aliphatic rings. The summed E-state index contributed by atoms with van der Waals surface area (Å²) in [5.41, 5.74) is 7.56. The molecule has 6 nitrogen and oxygen atoms in total. The van der Waals surface area contributed by atoms with E-state index >= 15 is 0 Å². The van der Waals surface area contributed by atoms with E-state index in [2.05, 4.69) is 4.90 Å². The summed E-state index contributed by atoms with van der Waals surface area (Å²) in [7, 11) is 1.65. The van der Waals surface area contributed by atoms with Crippen LogP contribution in [0.3, 0.4) is 0 Å². The number of carbonyl (C=O) groups is 2. The van der Waals surface area contributed by atoms with Gasteiger partial charge in [-0.3, -0.25) is 14.5 Å². The molecular formula is C18H25N3O3. The molecule has 2 aliphatic heterocycles. The van der Waals surface area contributed by atoms with Crippen LogP contribution in [0.4, 0.5) is 5.69 Å². The minimum Gasteiger partial charge on any atom is -0.497 e. The maximum absolute atomic E-state index is 12.8. The zero-order valence-corrected chi connectivity index (χ0v) is 14.2. The van der Waals surface area contributed by atoms with E-state index in [4.69, 9.17) is 10.5 Å². The van der Waals surface area contributed by atoms with Gasteiger partial charge in [-0.1, -0.05) is 0 Å². The Bertz CT molecular complexity index is 632. The molecule has 2 amide bonds. The van der Waals surface area contributed by atoms with Crippen molar-refractivity contribution in [1.29, 1.82) is 0 Å². The molecule has 2 N–H and O–H groups in total. The first-order chi connectivity index (χ1) is 11.6. The molecule has 1 saturated heterocycles. The average molecular weight is 331 g/mol. The molecule has 1 aromatic rings. The third kappa shape index (κ3) is 3.53. The molecule has 1 aromatic carbocycles. The van der Waals surface area contributed by atoms with E-state index < -0.39 is 0 Å². The zero-order chi connectivity index (χ0) is 17.1. The van der Waals surface area contributed by atoms with Gasteiger partial charge >= 0.3 is 0 Å². The van der Waals surface area contributed by atoms with Crippen LogP contribution in [-0.4, -0.2) is 50.0 Å². The van der Waals surface area contributed by atoms with Gasteiger partial charge in [-0.15, -0.1) is 0 Å². The number of nitrogens with zero attached hydrogens (tertiary/aromatic N) is 2. The number of nitrogens with two attached hydrogens (primary N) is 1. The molecule has 130 valence electrons. The van der Waals surface area contributed by atoms with Crippen LogP contribution in [0.25, 0.3) is 0 Å². The molecule has 1 atom stereocenters. The number of rotatable bonds is 4. The Labute approximate surface area is 142 Å². The van der Waals surface area contributed by atoms with Gasteiger partial charge in [-0.2, -0.15) is 0 Å². The van der Waals surface area contributed by atoms with Crippen molar-refractivity contribution in [3.8, 4) is 5.75 Å². The van der Waals surface area contributed by atoms with Gasteiger partial charge in [0.1, 0.15) is 5.75 Å². The Morgan fingerprint density at radius 2 is 2.12 bits per heavy atom. The van der Waals surface area contributed by atoms with Gasteiger partial charge in [-0.25, -0.2) is 0 Å². The number of primary amides is 1. The highest BCUT2D eigenvalue weighted by Gasteiger charge is 2.28. The van der Waals surface area contributed by atoms with Crippen LogP contribution in [0.1, 0.15) is 24.8 Å². The van der Waals surface area contributed by atoms with Gasteiger partial charge in [0.15, 0.2) is 0 Å². The average Bonchev–Trinajstić information content (AvgIpc) is 2.60. The van der Waals surface area contributed by atoms with Crippen molar-refractivity contribution in [2.45, 2.75) is 25.7 Å². The number of fused-ring (bicyclic) bond motifs is 1. The molecule has 0 unspecified atom stereocenters. The van der Waals surface area contributed by atoms with Crippen molar-refractivity contribution in [1.82, 2.24) is 4.90 Å². The van der Waals surface area contributed by atoms with Gasteiger partial charge < -0.3 is 15.4 Å². The van der Waals surface area contributed by atoms with Crippen LogP contribution in [0.15, 0.2) is 18.2 Å². The molecule has 0 bridgehead atoms. The zero-order valence-electron chi connectivity index (χ0n) is 14.2. The maximum atomic E-state index is 12.8. The predicted molar refractivity (Wildman–Crippen MR) is 92.0 cm³/mol. The molecule has 0 saturated carbocycles. The first kappa shape index (κ1) is 16.8. The van der Waals surface area contributed by atoms with Crippen molar-refractivity contribution >= 4 is 17.5 Å². The molecule has 24 heavy (non-hydrogen) atoms. The van der Waals surface area contributed by atoms with Gasteiger partial charge in [0.2, 0.25) is 11.8 Å². The minimum absolute atomic E-state index is 0.0891. The third-order valence-corrected chi connectivity index (χ3v) is 4.97. The minimum atomic E-state index is -0.262. The summed E-state index contributed by atoms with van der Waals surface area (Å²) in [6.45, 7) is 2.52. The van der Waals surface area contributed by atoms with E-state index in [-0.39, 0.29) is 17.7 Å². The number of benzene rings is 1. The largest absolute Gasteiger partial charge is 0.497 e. The van der Waals surface area contributed by atoms with Crippen LogP contribution >= 0.6 is 0 Å². The second-order valence-electron chi connectivity index (χ2n) is 6.62. The summed E-state index contributed by atoms with van der Waals surface area (Å²) in [5.74, 6) is 0.515. The van der Waals surface area contributed by atoms with Crippen LogP contribution in [0, 0.1) is 5.92 Å². The standard InChI is InChI=1S/C18H25N3O3/c1-24-15-6-7-16-13(10-15)4-3-9-21(16)17(22)12-20-8-2-5-14(11-20)18(19)23/h6-7,10,14H,2-5,8-9,11-12H2,1H3,(H2,19,23)/t14-/m1/s1. The quantitative estimate of drug-likeness (QED) is 0.899. The Morgan fingerprint density at radius 3 is 2.88 bits per heavy atom. The van der Waals surface area contributed by atoms with Crippen LogP contribution in [0.2, 0.25) is 0 Å². The number of likely N-dealkylation sites (tertiary alicyclic amines) is 1. The van der Waals surface area contributed by atoms with E-state index in [9.17, 15) is 9.59 Å². The molecule has 0 spiro atoms. The smallest absolute Gasteiger partial charge is 0.241 e. The molecule has 6 heteroatoms. The Balaban J connectivity index is 1.69. The molecule has 0 radical (unpaired) electrons. The van der Waals surface area contributed by atoms with Gasteiger partial charge in [0, 0.05) is 18.8 Å². The summed E-state index contributed by atoms with van der Waals surface area (Å²) in [6.07, 6.45) is 3.65. The number of carbonyl (C=O) groups excluding carboxylic acids is 2. The molecule has 3 rings (SSSR count). The molecule has 0 aromatic heterocycles. The monoisotopic (exact) mass is 331 g/mol. The van der Waals surface area contributed by atoms with Gasteiger partial charge in [0.25, 0.3) is 0 Å². The van der Waals surface area contributed by atoms with Gasteiger partial charge in [0.05, 0.1) is 19.6 Å². The maximum Gasteiger partial charge on any atom is 0.241 e. The summed E-state index contributed by atoms with van der Waals surface area (Å²) in [4.78, 5) is 28.1. The van der Waals surface area contributed by atoms with E-state index in [1.54, 1.807) is 7.11 Å². The fraction of sp³-hybridized carbons (Fsp3) is 0.556. The number of anilines is 1. The highest BCUT2D eigenvalue weighted by molar-refractivity contribution is 5.96. The van der Waals surface area contributed by atoms with E-state index in [0.717, 1.165) is 55.8 Å². The Kier molecular flexibility index (Phi) is 5.04. The second-order valence-corrected chi connectivity index (χ2v) is 6.62. The van der Waals surface area contributed by atoms with Gasteiger partial charge in [-0.05, 0) is 56.0 Å². The number of hydrogen-bond acceptors (Lipinski definition) is 4. The van der Waals surface area contributed by atoms with Crippen LogP contribution < -0.4 is 15.4 Å². The van der Waals surface area contributed by atoms with Crippen molar-refractivity contribution in [2.75, 3.05) is 38.2 Å². The lowest BCUT2D eigenvalue weighted by Crippen LogP contribution is -2.47. The van der Waals surface area contributed by atoms with Crippen molar-refractivity contribution in [3.63, 3.8) is 0 Å². The van der Waals surface area contributed by atoms with Crippen molar-refractivity contribution in [3.05, 3.63) is 23.8 Å². The summed E-state index contributed by atoms with van der Waals surface area (Å²) >= 11 is 0. The first-order valence-corrected chi connectivity index (χ1v) is 8.57. The lowest BCUT2D eigenvalue weighted by atomic mass is 9.97. The van der Waals surface area contributed by atoms with Crippen molar-refractivity contribution in [2.24, 2.45) is 11.7 Å². The van der Waals surface area contributed by atoms with E-state index in [1.807, 2.05) is 23.1 Å². The van der Waals surface area contributed by atoms with Crippen LogP contribution in [0.5, 0.6) is 5.75 Å². The summed E-state index contributed by atoms with van der Waals surface area (Å²) in [5, 5.41) is 0. The summed E-state index contributed by atoms with van der Waals surface area (Å²) in [6, 6.07) is 5.88. The fourth-order valence-corrected chi connectivity index (χ4v) is 3.67. The third-order valence-electron chi connectivity index (χ3n) is 4.97. The van der Waals surface area contributed by atoms with Crippen LogP contribution in [-0.2, 0) is 16.0 Å². The SMILES string of the molecule is COc1ccc2c(c1)CCCN2C(=O)CN1CCC[C@@H](C(N)=O)C1. The molecular weight excluding hydrogens is 306 g/mol. The highest BCUT2D eigenvalue weighted by Crippen LogP contribution is 2.30. The fourth-order valence-electron chi connectivity index (χ4n) is 3.67. The van der Waals surface area contributed by atoms with E-state index in [0.29, 0.717) is 13.1 Å². The number of ether oxygens (including phenoxy) is 1. The number of piperidine rings is 1. The Hall–Kier alpha value is -2.08. The second kappa shape index (κ2) is 7.21. The number of amides is 2. The number of hydrogen-bond donors (Lipinski definition) is 1. The normalized spacial score (nSPS) is 21.2. The predicted octanol–water partition coefficient (Wildman–Crippen LogP) is 1.17. The molecule has 1 fully saturated rings. The topological polar surface area (TPSA) is 75.9 Å². The van der Waals surface area contributed by atoms with Crippen molar-refractivity contribution < 1.29 is 14.3 Å². The van der Waals surface area contributed by atoms with E-state index in [1.165, 1.54) is 0 Å². The summed E-state index contributed by atoms with van der Waals surface area (Å²) < 4.78 is 5.28. The Morgan fingerprint density at radius 1 is 1.29 bits per heavy atom. The first-order valence-electron chi connectivity index (χ1n) is 8.57.